The Labute approximate surface area is 112 Å². The fraction of sp³-hybridized carbons (Fsp3) is 0.167. The zero-order valence-corrected chi connectivity index (χ0v) is 11.2. The first-order valence-corrected chi connectivity index (χ1v) is 5.86. The van der Waals surface area contributed by atoms with Crippen LogP contribution in [0.5, 0.6) is 0 Å². The smallest absolute Gasteiger partial charge is 0.330 e. The largest absolute Gasteiger partial charge is 0.452 e. The SMILES string of the molecule is C/C=C/C(=O)OCC(=O)Nc1ccc(Br)cc1F. The van der Waals surface area contributed by atoms with E-state index in [1.54, 1.807) is 13.0 Å². The molecule has 0 saturated carbocycles. The molecular weight excluding hydrogens is 305 g/mol. The van der Waals surface area contributed by atoms with Crippen LogP contribution in [0.1, 0.15) is 6.92 Å². The molecule has 0 aliphatic rings. The first kappa shape index (κ1) is 14.4. The highest BCUT2D eigenvalue weighted by atomic mass is 79.9. The average Bonchev–Trinajstić information content (AvgIpc) is 2.31. The van der Waals surface area contributed by atoms with E-state index in [1.807, 2.05) is 0 Å². The minimum Gasteiger partial charge on any atom is -0.452 e. The van der Waals surface area contributed by atoms with E-state index in [2.05, 4.69) is 26.0 Å². The summed E-state index contributed by atoms with van der Waals surface area (Å²) in [5, 5.41) is 2.30. The number of hydrogen-bond acceptors (Lipinski definition) is 3. The monoisotopic (exact) mass is 315 g/mol. The van der Waals surface area contributed by atoms with Gasteiger partial charge in [-0.15, -0.1) is 0 Å². The van der Waals surface area contributed by atoms with Crippen molar-refractivity contribution in [3.8, 4) is 0 Å². The van der Waals surface area contributed by atoms with Crippen molar-refractivity contribution in [1.29, 1.82) is 0 Å². The van der Waals surface area contributed by atoms with E-state index in [1.165, 1.54) is 24.3 Å². The van der Waals surface area contributed by atoms with E-state index < -0.39 is 24.3 Å². The highest BCUT2D eigenvalue weighted by Crippen LogP contribution is 2.19. The number of hydrogen-bond donors (Lipinski definition) is 1. The number of benzene rings is 1. The third kappa shape index (κ3) is 4.67. The van der Waals surface area contributed by atoms with Gasteiger partial charge in [-0.1, -0.05) is 22.0 Å². The molecule has 0 aromatic heterocycles. The van der Waals surface area contributed by atoms with Gasteiger partial charge in [-0.05, 0) is 25.1 Å². The number of carbonyl (C=O) groups is 2. The highest BCUT2D eigenvalue weighted by Gasteiger charge is 2.09. The van der Waals surface area contributed by atoms with Crippen molar-refractivity contribution < 1.29 is 18.7 Å². The quantitative estimate of drug-likeness (QED) is 0.686. The molecule has 6 heteroatoms. The number of halogens is 2. The molecule has 0 heterocycles. The summed E-state index contributed by atoms with van der Waals surface area (Å²) in [6.45, 7) is 1.19. The van der Waals surface area contributed by atoms with Crippen molar-refractivity contribution in [2.75, 3.05) is 11.9 Å². The summed E-state index contributed by atoms with van der Waals surface area (Å²) in [5.41, 5.74) is 0.0327. The number of ether oxygens (including phenoxy) is 1. The Kier molecular flexibility index (Phi) is 5.51. The van der Waals surface area contributed by atoms with Gasteiger partial charge in [0, 0.05) is 10.5 Å². The second kappa shape index (κ2) is 6.90. The van der Waals surface area contributed by atoms with Gasteiger partial charge >= 0.3 is 5.97 Å². The zero-order chi connectivity index (χ0) is 13.5. The van der Waals surface area contributed by atoms with Crippen LogP contribution in [0.2, 0.25) is 0 Å². The molecule has 0 radical (unpaired) electrons. The van der Waals surface area contributed by atoms with Gasteiger partial charge in [0.25, 0.3) is 5.91 Å². The molecule has 0 saturated heterocycles. The molecule has 1 rings (SSSR count). The van der Waals surface area contributed by atoms with Gasteiger partial charge in [-0.25, -0.2) is 9.18 Å². The van der Waals surface area contributed by atoms with Gasteiger partial charge in [-0.3, -0.25) is 4.79 Å². The van der Waals surface area contributed by atoms with Gasteiger partial charge in [0.2, 0.25) is 0 Å². The maximum Gasteiger partial charge on any atom is 0.330 e. The normalized spacial score (nSPS) is 10.4. The van der Waals surface area contributed by atoms with Crippen LogP contribution in [-0.2, 0) is 14.3 Å². The number of carbonyl (C=O) groups excluding carboxylic acids is 2. The maximum atomic E-state index is 13.4. The van der Waals surface area contributed by atoms with E-state index in [-0.39, 0.29) is 5.69 Å². The minimum atomic E-state index is -0.621. The summed E-state index contributed by atoms with van der Waals surface area (Å²) in [5.74, 6) is -1.80. The lowest BCUT2D eigenvalue weighted by molar-refractivity contribution is -0.142. The fourth-order valence-corrected chi connectivity index (χ4v) is 1.43. The van der Waals surface area contributed by atoms with Crippen LogP contribution < -0.4 is 5.32 Å². The molecular formula is C12H11BrFNO3. The number of nitrogens with one attached hydrogen (secondary N) is 1. The van der Waals surface area contributed by atoms with Crippen molar-refractivity contribution in [3.63, 3.8) is 0 Å². The van der Waals surface area contributed by atoms with E-state index in [9.17, 15) is 14.0 Å². The van der Waals surface area contributed by atoms with Crippen LogP contribution in [0.25, 0.3) is 0 Å². The summed E-state index contributed by atoms with van der Waals surface area (Å²) < 4.78 is 18.5. The topological polar surface area (TPSA) is 55.4 Å². The number of anilines is 1. The summed E-state index contributed by atoms with van der Waals surface area (Å²) >= 11 is 3.10. The molecule has 0 bridgehead atoms. The van der Waals surface area contributed by atoms with Gasteiger partial charge in [0.05, 0.1) is 5.69 Å². The van der Waals surface area contributed by atoms with Crippen LogP contribution in [0.3, 0.4) is 0 Å². The molecule has 4 nitrogen and oxygen atoms in total. The second-order valence-electron chi connectivity index (χ2n) is 3.28. The maximum absolute atomic E-state index is 13.4. The van der Waals surface area contributed by atoms with Crippen LogP contribution >= 0.6 is 15.9 Å². The lowest BCUT2D eigenvalue weighted by Crippen LogP contribution is -2.20. The summed E-state index contributed by atoms with van der Waals surface area (Å²) in [4.78, 5) is 22.3. The molecule has 0 fully saturated rings. The molecule has 0 atom stereocenters. The van der Waals surface area contributed by atoms with E-state index in [0.29, 0.717) is 4.47 Å². The Morgan fingerprint density at radius 1 is 1.50 bits per heavy atom. The Balaban J connectivity index is 2.52. The minimum absolute atomic E-state index is 0.0327. The summed E-state index contributed by atoms with van der Waals surface area (Å²) in [6.07, 6.45) is 2.68. The lowest BCUT2D eigenvalue weighted by atomic mass is 10.3. The Bertz CT molecular complexity index is 488. The molecule has 1 aromatic carbocycles. The second-order valence-corrected chi connectivity index (χ2v) is 4.20. The molecule has 96 valence electrons. The van der Waals surface area contributed by atoms with Crippen molar-refractivity contribution in [2.24, 2.45) is 0 Å². The number of rotatable bonds is 4. The molecule has 18 heavy (non-hydrogen) atoms. The average molecular weight is 316 g/mol. The third-order valence-electron chi connectivity index (χ3n) is 1.85. The van der Waals surface area contributed by atoms with E-state index in [4.69, 9.17) is 0 Å². The van der Waals surface area contributed by atoms with Gasteiger partial charge in [-0.2, -0.15) is 0 Å². The predicted octanol–water partition coefficient (Wildman–Crippen LogP) is 2.65. The Morgan fingerprint density at radius 3 is 2.83 bits per heavy atom. The van der Waals surface area contributed by atoms with Crippen molar-refractivity contribution in [3.05, 3.63) is 40.6 Å². The van der Waals surface area contributed by atoms with Gasteiger partial charge < -0.3 is 10.1 Å². The summed E-state index contributed by atoms with van der Waals surface area (Å²) in [6, 6.07) is 4.22. The van der Waals surface area contributed by atoms with Crippen LogP contribution in [-0.4, -0.2) is 18.5 Å². The first-order valence-electron chi connectivity index (χ1n) is 5.07. The standard InChI is InChI=1S/C12H11BrFNO3/c1-2-3-12(17)18-7-11(16)15-10-5-4-8(13)6-9(10)14/h2-6H,7H2,1H3,(H,15,16)/b3-2+. The molecule has 1 amide bonds. The zero-order valence-electron chi connectivity index (χ0n) is 9.57. The van der Waals surface area contributed by atoms with Gasteiger partial charge in [0.1, 0.15) is 5.82 Å². The van der Waals surface area contributed by atoms with E-state index in [0.717, 1.165) is 0 Å². The lowest BCUT2D eigenvalue weighted by Gasteiger charge is -2.06. The molecule has 0 unspecified atom stereocenters. The Morgan fingerprint density at radius 2 is 2.22 bits per heavy atom. The number of amides is 1. The molecule has 0 spiro atoms. The van der Waals surface area contributed by atoms with Crippen molar-refractivity contribution in [2.45, 2.75) is 6.92 Å². The molecule has 0 aliphatic heterocycles. The number of allylic oxidation sites excluding steroid dienone is 1. The van der Waals surface area contributed by atoms with Crippen LogP contribution in [0, 0.1) is 5.82 Å². The highest BCUT2D eigenvalue weighted by molar-refractivity contribution is 9.10. The van der Waals surface area contributed by atoms with E-state index >= 15 is 0 Å². The third-order valence-corrected chi connectivity index (χ3v) is 2.35. The predicted molar refractivity (Wildman–Crippen MR) is 68.5 cm³/mol. The molecule has 0 aliphatic carbocycles. The number of esters is 1. The van der Waals surface area contributed by atoms with Crippen molar-refractivity contribution >= 4 is 33.5 Å². The molecule has 1 aromatic rings. The van der Waals surface area contributed by atoms with Crippen LogP contribution in [0.15, 0.2) is 34.8 Å². The molecule has 1 N–H and O–H groups in total. The first-order chi connectivity index (χ1) is 8.52. The fourth-order valence-electron chi connectivity index (χ4n) is 1.10. The Hall–Kier alpha value is -1.69. The van der Waals surface area contributed by atoms with Gasteiger partial charge in [0.15, 0.2) is 6.61 Å². The van der Waals surface area contributed by atoms with Crippen LogP contribution in [0.4, 0.5) is 10.1 Å². The van der Waals surface area contributed by atoms with Crippen molar-refractivity contribution in [1.82, 2.24) is 0 Å². The summed E-state index contributed by atoms with van der Waals surface area (Å²) in [7, 11) is 0.